The zero-order chi connectivity index (χ0) is 72.8. The molecule has 40 nitrogen and oxygen atoms in total. The minimum atomic E-state index is -4.53. The number of unbranched alkanes of at least 4 members (excludes halogenated alkanes) is 4. The fraction of sp³-hybridized carbons (Fsp3) is 0.655. The summed E-state index contributed by atoms with van der Waals surface area (Å²) in [5.74, 6) is -1.71. The van der Waals surface area contributed by atoms with Crippen molar-refractivity contribution in [3.63, 3.8) is 0 Å². The Morgan fingerprint density at radius 1 is 0.302 bits per heavy atom. The van der Waals surface area contributed by atoms with Crippen molar-refractivity contribution in [1.82, 2.24) is 78.4 Å². The van der Waals surface area contributed by atoms with Crippen molar-refractivity contribution >= 4 is 88.7 Å². The van der Waals surface area contributed by atoms with Crippen LogP contribution in [0.1, 0.15) is 101 Å². The van der Waals surface area contributed by atoms with Crippen molar-refractivity contribution in [3.8, 4) is 23.0 Å². The Kier molecular flexibility index (Phi) is 22.5. The molecule has 15 rings (SSSR count). The molecule has 11 fully saturated rings. The number of fused-ring (bicyclic) bond motifs is 2. The van der Waals surface area contributed by atoms with E-state index in [1.54, 1.807) is 52.0 Å². The Hall–Kier alpha value is -4.56. The van der Waals surface area contributed by atoms with Gasteiger partial charge in [-0.3, -0.25) is 78.4 Å². The minimum absolute atomic E-state index is 0. The molecule has 11 saturated heterocycles. The second-order valence-corrected chi connectivity index (χ2v) is 34.1. The van der Waals surface area contributed by atoms with Gasteiger partial charge in [0, 0.05) is 45.3 Å². The van der Waals surface area contributed by atoms with Gasteiger partial charge in [-0.15, -0.1) is 0 Å². The number of rotatable bonds is 24. The van der Waals surface area contributed by atoms with Crippen LogP contribution in [-0.2, 0) is 66.7 Å². The molecule has 48 heteroatoms. The van der Waals surface area contributed by atoms with Crippen LogP contribution in [0.5, 0.6) is 23.0 Å². The second kappa shape index (κ2) is 28.9. The third kappa shape index (κ3) is 12.7. The molecule has 2 aromatic rings. The minimum Gasteiger partial charge on any atom is -0.748 e. The van der Waals surface area contributed by atoms with Crippen molar-refractivity contribution in [1.29, 1.82) is 0 Å². The first-order valence-corrected chi connectivity index (χ1v) is 39.5. The maximum absolute atomic E-state index is 15.7. The van der Waals surface area contributed by atoms with E-state index < -0.39 is 199 Å². The van der Waals surface area contributed by atoms with E-state index in [1.807, 2.05) is 0 Å². The van der Waals surface area contributed by atoms with Gasteiger partial charge in [-0.1, -0.05) is 0 Å². The van der Waals surface area contributed by atoms with Crippen molar-refractivity contribution in [2.75, 3.05) is 89.5 Å². The first-order valence-electron chi connectivity index (χ1n) is 33.2. The number of carbonyl (C=O) groups excluding carboxylic acids is 8. The quantitative estimate of drug-likeness (QED) is 0.0535. The molecule has 2 aromatic carbocycles. The summed E-state index contributed by atoms with van der Waals surface area (Å²) in [5, 5.41) is 0. The molecule has 0 N–H and O–H groups in total. The molecule has 13 heterocycles. The average Bonchev–Trinajstić information content (AvgIpc) is 1.49. The first-order chi connectivity index (χ1) is 47.9. The summed E-state index contributed by atoms with van der Waals surface area (Å²) in [4.78, 5) is 147. The summed E-state index contributed by atoms with van der Waals surface area (Å²) in [6, 6.07) is 0.539. The number of hydrogen-bond donors (Lipinski definition) is 0. The Bertz CT molecular complexity index is 3970. The standard InChI is InChI=1S/C58H76N16O24S4.4Na/c1-55-57(3)71-31-63-45-43-59(47(63)75)29-61-44-46-65(49(61)77)33-73-53(81)69-27-37-38(42(98-20-8-12-24-102(92,93)94)16-15-41(37)97-19-7-11-23-101(89,90)91)28-70-54(82)74(58(73,4)56(69,70)2)34-66(46)50(78)62(44)30-60(43)48(76)64(45)32-72(57)52(80)68(55)26-36-35(25-67(55)51(71)79)39(95-17-5-9-21-99(83,84)85)13-14-40(36)96-18-6-10-22-100(86,87)88;;;;/h13-16,43-46H,5-12,17-34H2,1-4H3,(H,83,84,85)(H,86,87,88)(H,89,90,91)(H,92,93,94);;;;/q;4*+1/p-4. The SMILES string of the molecule is CC12N3Cc4c(OCCCCS(=O)(=O)[O-])ccc(OCCCCS(=O)(=O)[O-])c4CN1C(=O)N1CN4C(=O)N5CN6C(=O)N7CN8C(=O)N9Cc%10c(OCCCCS(=O)(=O)[O-])ccc(OCCCCS(=O)(=O)[O-])c%10CN%10C(=O)N(CN%11C(=O)N(CN%12C(=O)N(CN(C3=O)C12C)C4C%125)C6C%117)C8(C)C%109C.[Na+].[Na+].[Na+].[Na+]. The summed E-state index contributed by atoms with van der Waals surface area (Å²) >= 11 is 0. The zero-order valence-electron chi connectivity index (χ0n) is 59.6. The molecule has 0 aromatic heterocycles. The van der Waals surface area contributed by atoms with Gasteiger partial charge in [-0.2, -0.15) is 0 Å². The van der Waals surface area contributed by atoms with Crippen LogP contribution >= 0.6 is 0 Å². The van der Waals surface area contributed by atoms with Gasteiger partial charge in [0.15, 0.2) is 47.3 Å². The summed E-state index contributed by atoms with van der Waals surface area (Å²) in [5.41, 5.74) is -5.22. The number of nitrogens with zero attached hydrogens (tertiary/aromatic N) is 16. The summed E-state index contributed by atoms with van der Waals surface area (Å²) < 4.78 is 162. The average molecular weight is 1600 g/mol. The summed E-state index contributed by atoms with van der Waals surface area (Å²) in [6.07, 6.45) is -4.72. The van der Waals surface area contributed by atoms with E-state index in [1.165, 1.54) is 78.4 Å². The molecule has 0 aliphatic carbocycles. The third-order valence-corrected chi connectivity index (χ3v) is 26.0. The van der Waals surface area contributed by atoms with Crippen LogP contribution in [0.15, 0.2) is 24.3 Å². The zero-order valence-corrected chi connectivity index (χ0v) is 70.9. The van der Waals surface area contributed by atoms with Crippen molar-refractivity contribution in [2.45, 2.75) is 153 Å². The molecule has 556 valence electrons. The first kappa shape index (κ1) is 82.4. The van der Waals surface area contributed by atoms with Crippen LogP contribution in [0, 0.1) is 0 Å². The van der Waals surface area contributed by atoms with E-state index in [4.69, 9.17) is 18.9 Å². The van der Waals surface area contributed by atoms with E-state index in [9.17, 15) is 51.9 Å². The molecule has 0 atom stereocenters. The second-order valence-electron chi connectivity index (χ2n) is 28.0. The molecule has 13 aliphatic heterocycles. The van der Waals surface area contributed by atoms with Gasteiger partial charge in [0.25, 0.3) is 0 Å². The number of hydrogen-bond acceptors (Lipinski definition) is 24. The largest absolute Gasteiger partial charge is 1.00 e. The maximum Gasteiger partial charge on any atom is 1.00 e. The Morgan fingerprint density at radius 2 is 0.481 bits per heavy atom. The van der Waals surface area contributed by atoms with Gasteiger partial charge in [0.1, 0.15) is 63.0 Å². The Morgan fingerprint density at radius 3 is 0.670 bits per heavy atom. The normalized spacial score (nSPS) is 27.8. The number of amides is 16. The smallest absolute Gasteiger partial charge is 0.748 e. The molecule has 0 saturated carbocycles. The summed E-state index contributed by atoms with van der Waals surface area (Å²) in [6.45, 7) is 1.96. The molecule has 0 radical (unpaired) electrons. The Balaban J connectivity index is 0.00000280. The molecule has 0 bridgehead atoms. The molecule has 13 aliphatic rings. The molecule has 16 amide bonds. The predicted octanol–water partition coefficient (Wildman–Crippen LogP) is -11.9. The number of carbonyl (C=O) groups is 8. The van der Waals surface area contributed by atoms with Crippen molar-refractivity contribution in [3.05, 3.63) is 46.5 Å². The fourth-order valence-electron chi connectivity index (χ4n) is 17.4. The van der Waals surface area contributed by atoms with Gasteiger partial charge in [0.2, 0.25) is 0 Å². The van der Waals surface area contributed by atoms with E-state index >= 15 is 38.4 Å². The molecule has 0 unspecified atom stereocenters. The van der Waals surface area contributed by atoms with Crippen LogP contribution in [0.25, 0.3) is 0 Å². The van der Waals surface area contributed by atoms with Crippen LogP contribution in [0.4, 0.5) is 38.4 Å². The predicted molar refractivity (Wildman–Crippen MR) is 335 cm³/mol. The molecular formula is C58H72N16Na4O24S4. The van der Waals surface area contributed by atoms with Gasteiger partial charge < -0.3 is 37.2 Å². The van der Waals surface area contributed by atoms with Gasteiger partial charge >= 0.3 is 166 Å². The van der Waals surface area contributed by atoms with Crippen molar-refractivity contribution < 1.29 is 227 Å². The molecule has 106 heavy (non-hydrogen) atoms. The van der Waals surface area contributed by atoms with E-state index in [-0.39, 0.29) is 245 Å². The van der Waals surface area contributed by atoms with Crippen LogP contribution in [0.3, 0.4) is 0 Å². The van der Waals surface area contributed by atoms with Crippen LogP contribution in [-0.4, -0.2) is 315 Å². The van der Waals surface area contributed by atoms with E-state index in [0.717, 1.165) is 0 Å². The van der Waals surface area contributed by atoms with Gasteiger partial charge in [-0.05, 0) is 103 Å². The van der Waals surface area contributed by atoms with Crippen molar-refractivity contribution in [2.24, 2.45) is 0 Å². The van der Waals surface area contributed by atoms with Crippen LogP contribution < -0.4 is 137 Å². The maximum atomic E-state index is 15.7. The number of urea groups is 8. The summed E-state index contributed by atoms with van der Waals surface area (Å²) in [7, 11) is -18.1. The fourth-order valence-corrected chi connectivity index (χ4v) is 19.6. The third-order valence-electron chi connectivity index (χ3n) is 22.8. The van der Waals surface area contributed by atoms with Gasteiger partial charge in [-0.25, -0.2) is 72.0 Å². The topological polar surface area (TPSA) is 454 Å². The van der Waals surface area contributed by atoms with E-state index in [0.29, 0.717) is 22.3 Å². The van der Waals surface area contributed by atoms with Crippen LogP contribution in [0.2, 0.25) is 0 Å². The van der Waals surface area contributed by atoms with E-state index in [2.05, 4.69) is 0 Å². The molecule has 0 spiro atoms. The monoisotopic (exact) mass is 1600 g/mol. The Labute approximate surface area is 698 Å². The molecular weight excluding hydrogens is 1520 g/mol. The number of benzene rings is 2. The van der Waals surface area contributed by atoms with Gasteiger partial charge in [0.05, 0.1) is 93.1 Å². The number of ether oxygens (including phenoxy) is 4.